The first-order chi connectivity index (χ1) is 9.92. The second-order valence-electron chi connectivity index (χ2n) is 4.45. The Bertz CT molecular complexity index is 660. The predicted octanol–water partition coefficient (Wildman–Crippen LogP) is 2.45. The zero-order chi connectivity index (χ0) is 15.6. The van der Waals surface area contributed by atoms with Crippen molar-refractivity contribution in [2.24, 2.45) is 0 Å². The molecule has 1 aromatic carbocycles. The topological polar surface area (TPSA) is 53.9 Å². The molecule has 0 atom stereocenters. The van der Waals surface area contributed by atoms with Crippen LogP contribution in [0.2, 0.25) is 0 Å². The molecule has 1 N–H and O–H groups in total. The maximum Gasteiger partial charge on any atom is 0.230 e. The molecule has 0 spiro atoms. The minimum atomic E-state index is -1.26. The van der Waals surface area contributed by atoms with E-state index in [0.29, 0.717) is 12.6 Å². The van der Waals surface area contributed by atoms with Gasteiger partial charge in [0.1, 0.15) is 5.82 Å². The molecule has 1 heterocycles. The summed E-state index contributed by atoms with van der Waals surface area (Å²) in [6, 6.07) is 1.20. The lowest BCUT2D eigenvalue weighted by Gasteiger charge is -2.13. The first-order valence-corrected chi connectivity index (χ1v) is 6.24. The number of nitrogens with zero attached hydrogens (tertiary/aromatic N) is 4. The van der Waals surface area contributed by atoms with Crippen LogP contribution in [0.3, 0.4) is 0 Å². The van der Waals surface area contributed by atoms with Crippen molar-refractivity contribution in [3.63, 3.8) is 0 Å². The van der Waals surface area contributed by atoms with Crippen molar-refractivity contribution >= 4 is 11.9 Å². The summed E-state index contributed by atoms with van der Waals surface area (Å²) in [6.07, 6.45) is 0. The van der Waals surface area contributed by atoms with Gasteiger partial charge < -0.3 is 10.2 Å². The van der Waals surface area contributed by atoms with Crippen LogP contribution in [0, 0.1) is 17.5 Å². The molecule has 2 aromatic rings. The number of anilines is 2. The summed E-state index contributed by atoms with van der Waals surface area (Å²) in [4.78, 5) is 13.8. The van der Waals surface area contributed by atoms with Crippen molar-refractivity contribution in [2.45, 2.75) is 6.92 Å². The molecule has 0 radical (unpaired) electrons. The van der Waals surface area contributed by atoms with Gasteiger partial charge in [-0.2, -0.15) is 15.0 Å². The third-order valence-electron chi connectivity index (χ3n) is 2.61. The molecule has 21 heavy (non-hydrogen) atoms. The molecule has 0 amide bonds. The van der Waals surface area contributed by atoms with Crippen LogP contribution in [0.5, 0.6) is 0 Å². The van der Waals surface area contributed by atoms with E-state index in [4.69, 9.17) is 0 Å². The Hall–Kier alpha value is -2.38. The molecular formula is C13H14F3N5. The Morgan fingerprint density at radius 1 is 1.00 bits per heavy atom. The van der Waals surface area contributed by atoms with Crippen molar-refractivity contribution < 1.29 is 13.2 Å². The number of hydrogen-bond donors (Lipinski definition) is 1. The van der Waals surface area contributed by atoms with E-state index in [1.807, 2.05) is 6.92 Å². The summed E-state index contributed by atoms with van der Waals surface area (Å²) in [5.41, 5.74) is -0.224. The van der Waals surface area contributed by atoms with Crippen molar-refractivity contribution in [2.75, 3.05) is 30.9 Å². The molecule has 1 aromatic heterocycles. The van der Waals surface area contributed by atoms with Crippen LogP contribution in [0.1, 0.15) is 6.92 Å². The standard InChI is InChI=1S/C13H14F3N5/c1-4-17-12-18-11(19-13(20-12)21(2)3)7-5-9(15)10(16)6-8(7)14/h5-6H,4H2,1-3H3,(H,17,18,19,20). The van der Waals surface area contributed by atoms with Crippen molar-refractivity contribution in [3.8, 4) is 11.4 Å². The van der Waals surface area contributed by atoms with Crippen LogP contribution >= 0.6 is 0 Å². The van der Waals surface area contributed by atoms with E-state index in [1.54, 1.807) is 19.0 Å². The largest absolute Gasteiger partial charge is 0.354 e. The number of nitrogens with one attached hydrogen (secondary N) is 1. The summed E-state index contributed by atoms with van der Waals surface area (Å²) in [7, 11) is 3.41. The Kier molecular flexibility index (Phi) is 4.25. The SMILES string of the molecule is CCNc1nc(-c2cc(F)c(F)cc2F)nc(N(C)C)n1. The zero-order valence-electron chi connectivity index (χ0n) is 11.8. The van der Waals surface area contributed by atoms with E-state index < -0.39 is 17.5 Å². The molecule has 0 aliphatic heterocycles. The van der Waals surface area contributed by atoms with E-state index in [0.717, 1.165) is 6.07 Å². The van der Waals surface area contributed by atoms with E-state index in [2.05, 4.69) is 20.3 Å². The van der Waals surface area contributed by atoms with Gasteiger partial charge in [0.25, 0.3) is 0 Å². The number of benzene rings is 1. The molecule has 0 aliphatic rings. The fourth-order valence-electron chi connectivity index (χ4n) is 1.62. The molecule has 0 saturated heterocycles. The molecule has 112 valence electrons. The Labute approximate surface area is 119 Å². The highest BCUT2D eigenvalue weighted by Crippen LogP contribution is 2.24. The van der Waals surface area contributed by atoms with E-state index in [-0.39, 0.29) is 23.3 Å². The minimum Gasteiger partial charge on any atom is -0.354 e. The highest BCUT2D eigenvalue weighted by molar-refractivity contribution is 5.59. The number of halogens is 3. The average Bonchev–Trinajstić information content (AvgIpc) is 2.42. The molecular weight excluding hydrogens is 283 g/mol. The molecule has 0 unspecified atom stereocenters. The third kappa shape index (κ3) is 3.21. The van der Waals surface area contributed by atoms with Gasteiger partial charge in [-0.15, -0.1) is 0 Å². The molecule has 0 fully saturated rings. The lowest BCUT2D eigenvalue weighted by molar-refractivity contribution is 0.496. The lowest BCUT2D eigenvalue weighted by Crippen LogP contribution is -2.16. The predicted molar refractivity (Wildman–Crippen MR) is 73.6 cm³/mol. The van der Waals surface area contributed by atoms with Crippen molar-refractivity contribution in [1.29, 1.82) is 0 Å². The fraction of sp³-hybridized carbons (Fsp3) is 0.308. The molecule has 2 rings (SSSR count). The highest BCUT2D eigenvalue weighted by atomic mass is 19.2. The molecule has 0 bridgehead atoms. The van der Waals surface area contributed by atoms with Gasteiger partial charge in [-0.3, -0.25) is 0 Å². The third-order valence-corrected chi connectivity index (χ3v) is 2.61. The number of rotatable bonds is 4. The van der Waals surface area contributed by atoms with Gasteiger partial charge in [-0.25, -0.2) is 13.2 Å². The number of hydrogen-bond acceptors (Lipinski definition) is 5. The Morgan fingerprint density at radius 3 is 2.29 bits per heavy atom. The average molecular weight is 297 g/mol. The maximum atomic E-state index is 13.8. The first kappa shape index (κ1) is 15.0. The second-order valence-corrected chi connectivity index (χ2v) is 4.45. The normalized spacial score (nSPS) is 10.6. The van der Waals surface area contributed by atoms with Crippen molar-refractivity contribution in [3.05, 3.63) is 29.6 Å². The summed E-state index contributed by atoms with van der Waals surface area (Å²) >= 11 is 0. The smallest absolute Gasteiger partial charge is 0.230 e. The summed E-state index contributed by atoms with van der Waals surface area (Å²) in [5, 5.41) is 2.88. The fourth-order valence-corrected chi connectivity index (χ4v) is 1.62. The van der Waals surface area contributed by atoms with Crippen LogP contribution in [0.15, 0.2) is 12.1 Å². The lowest BCUT2D eigenvalue weighted by atomic mass is 10.2. The van der Waals surface area contributed by atoms with Crippen molar-refractivity contribution in [1.82, 2.24) is 15.0 Å². The van der Waals surface area contributed by atoms with E-state index in [1.165, 1.54) is 0 Å². The van der Waals surface area contributed by atoms with Gasteiger partial charge in [0.2, 0.25) is 11.9 Å². The van der Waals surface area contributed by atoms with Gasteiger partial charge >= 0.3 is 0 Å². The molecule has 5 nitrogen and oxygen atoms in total. The zero-order valence-corrected chi connectivity index (χ0v) is 11.8. The van der Waals surface area contributed by atoms with Crippen LogP contribution in [0.25, 0.3) is 11.4 Å². The maximum absolute atomic E-state index is 13.8. The highest BCUT2D eigenvalue weighted by Gasteiger charge is 2.16. The summed E-state index contributed by atoms with van der Waals surface area (Å²) < 4.78 is 40.1. The minimum absolute atomic E-state index is 0.0685. The molecule has 0 saturated carbocycles. The second kappa shape index (κ2) is 5.94. The quantitative estimate of drug-likeness (QED) is 0.879. The van der Waals surface area contributed by atoms with Gasteiger partial charge in [0, 0.05) is 26.7 Å². The van der Waals surface area contributed by atoms with Gasteiger partial charge in [0.05, 0.1) is 5.56 Å². The van der Waals surface area contributed by atoms with Crippen LogP contribution in [-0.2, 0) is 0 Å². The van der Waals surface area contributed by atoms with Crippen LogP contribution in [-0.4, -0.2) is 35.6 Å². The summed E-state index contributed by atoms with van der Waals surface area (Å²) in [6.45, 7) is 2.40. The van der Waals surface area contributed by atoms with Gasteiger partial charge in [0.15, 0.2) is 17.5 Å². The van der Waals surface area contributed by atoms with Gasteiger partial charge in [-0.05, 0) is 13.0 Å². The Balaban J connectivity index is 2.59. The molecule has 0 aliphatic carbocycles. The van der Waals surface area contributed by atoms with Gasteiger partial charge in [-0.1, -0.05) is 0 Å². The summed E-state index contributed by atoms with van der Waals surface area (Å²) in [5.74, 6) is -2.92. The van der Waals surface area contributed by atoms with Crippen LogP contribution < -0.4 is 10.2 Å². The Morgan fingerprint density at radius 2 is 1.67 bits per heavy atom. The first-order valence-electron chi connectivity index (χ1n) is 6.24. The van der Waals surface area contributed by atoms with E-state index >= 15 is 0 Å². The monoisotopic (exact) mass is 297 g/mol. The molecule has 8 heteroatoms. The van der Waals surface area contributed by atoms with E-state index in [9.17, 15) is 13.2 Å². The number of aromatic nitrogens is 3. The van der Waals surface area contributed by atoms with Crippen LogP contribution in [0.4, 0.5) is 25.1 Å².